The standard InChI is InChI=1S/C41H53N15O5/c1-6-55-30(19-25(3)50-55)37(59)48-39-46-27-22-29(36(43)58)45-24-32(27)53(39)14-8-9-15-54-34-28(47-40(54)49-38(60)31-23-41(4,5)51-56(31)7-2)20-26(35(42)57)21-33(34)61-18-10-13-52-16-11-44-12-17-52/h8-9,19-24,44,51H,6-7,10-18H2,1-5H3,(H2,42,57)(H2,43,58)(H,46,48,59)(H,47,49,60)/b9-8+. The van der Waals surface area contributed by atoms with Gasteiger partial charge in [-0.1, -0.05) is 12.2 Å². The zero-order valence-corrected chi connectivity index (χ0v) is 35.1. The van der Waals surface area contributed by atoms with Crippen LogP contribution < -0.4 is 37.6 Å². The molecule has 4 aromatic heterocycles. The Bertz CT molecular complexity index is 2540. The number of primary amides is 2. The average Bonchev–Trinajstić information content (AvgIpc) is 3.98. The Hall–Kier alpha value is -6.64. The largest absolute Gasteiger partial charge is 0.491 e. The van der Waals surface area contributed by atoms with E-state index in [-0.39, 0.29) is 42.2 Å². The molecule has 61 heavy (non-hydrogen) atoms. The van der Waals surface area contributed by atoms with E-state index in [1.807, 2.05) is 57.4 Å². The number of allylic oxidation sites excluding steroid dienone is 2. The van der Waals surface area contributed by atoms with Crippen LogP contribution in [-0.2, 0) is 24.4 Å². The molecule has 0 atom stereocenters. The van der Waals surface area contributed by atoms with Crippen molar-refractivity contribution in [3.8, 4) is 5.75 Å². The van der Waals surface area contributed by atoms with Crippen LogP contribution in [0.3, 0.4) is 0 Å². The minimum atomic E-state index is -0.711. The van der Waals surface area contributed by atoms with Crippen LogP contribution in [0.25, 0.3) is 22.1 Å². The highest BCUT2D eigenvalue weighted by atomic mass is 16.5. The van der Waals surface area contributed by atoms with Gasteiger partial charge in [0, 0.05) is 64.5 Å². The van der Waals surface area contributed by atoms with Crippen molar-refractivity contribution in [1.82, 2.24) is 54.5 Å². The number of nitrogens with zero attached hydrogens (tertiary/aromatic N) is 9. The summed E-state index contributed by atoms with van der Waals surface area (Å²) in [7, 11) is 0. The van der Waals surface area contributed by atoms with Crippen LogP contribution in [0.15, 0.2) is 54.4 Å². The molecular formula is C41H53N15O5. The Morgan fingerprint density at radius 2 is 1.61 bits per heavy atom. The molecule has 322 valence electrons. The summed E-state index contributed by atoms with van der Waals surface area (Å²) in [4.78, 5) is 68.1. The Labute approximate surface area is 352 Å². The van der Waals surface area contributed by atoms with Crippen molar-refractivity contribution in [1.29, 1.82) is 0 Å². The van der Waals surface area contributed by atoms with Gasteiger partial charge in [-0.15, -0.1) is 0 Å². The predicted molar refractivity (Wildman–Crippen MR) is 230 cm³/mol. The van der Waals surface area contributed by atoms with E-state index >= 15 is 0 Å². The van der Waals surface area contributed by atoms with Crippen LogP contribution in [-0.4, -0.2) is 119 Å². The molecule has 4 amide bonds. The van der Waals surface area contributed by atoms with Gasteiger partial charge in [-0.25, -0.2) is 20.4 Å². The highest BCUT2D eigenvalue weighted by molar-refractivity contribution is 6.05. The third-order valence-electron chi connectivity index (χ3n) is 10.5. The second kappa shape index (κ2) is 17.9. The van der Waals surface area contributed by atoms with Gasteiger partial charge in [0.1, 0.15) is 28.4 Å². The fraction of sp³-hybridized carbons (Fsp3) is 0.415. The number of likely N-dealkylation sites (N-methyl/N-ethyl adjacent to an activating group) is 1. The van der Waals surface area contributed by atoms with Crippen LogP contribution in [0.4, 0.5) is 11.9 Å². The van der Waals surface area contributed by atoms with E-state index in [4.69, 9.17) is 21.2 Å². The normalized spacial score (nSPS) is 15.5. The van der Waals surface area contributed by atoms with Crippen molar-refractivity contribution in [3.63, 3.8) is 0 Å². The summed E-state index contributed by atoms with van der Waals surface area (Å²) in [5.41, 5.74) is 17.8. The number of rotatable bonds is 17. The van der Waals surface area contributed by atoms with Crippen LogP contribution in [0.2, 0.25) is 0 Å². The summed E-state index contributed by atoms with van der Waals surface area (Å²) in [6, 6.07) is 6.37. The van der Waals surface area contributed by atoms with Crippen molar-refractivity contribution >= 4 is 57.6 Å². The number of imidazole rings is 2. The van der Waals surface area contributed by atoms with Crippen molar-refractivity contribution in [2.75, 3.05) is 56.5 Å². The number of pyridine rings is 1. The SMILES string of the molecule is CCN1NC(C)(C)C=C1C(=O)Nc1nc2cc(C(N)=O)cc(OCCCN3CCNCC3)c2n1C/C=C/Cn1c(NC(=O)c2cc(C)nn2CC)nc2cc(C(N)=O)ncc21. The number of carbonyl (C=O) groups is 4. The van der Waals surface area contributed by atoms with Crippen LogP contribution in [0.1, 0.15) is 71.1 Å². The lowest BCUT2D eigenvalue weighted by Crippen LogP contribution is -2.44. The van der Waals surface area contributed by atoms with Crippen molar-refractivity contribution in [2.24, 2.45) is 11.5 Å². The number of hydrazine groups is 1. The number of carbonyl (C=O) groups excluding carboxylic acids is 4. The molecule has 0 spiro atoms. The first-order valence-electron chi connectivity index (χ1n) is 20.4. The first-order chi connectivity index (χ1) is 29.2. The van der Waals surface area contributed by atoms with Gasteiger partial charge in [0.05, 0.1) is 40.6 Å². The molecule has 0 bridgehead atoms. The van der Waals surface area contributed by atoms with E-state index in [0.29, 0.717) is 64.6 Å². The van der Waals surface area contributed by atoms with Gasteiger partial charge in [-0.3, -0.25) is 34.5 Å². The van der Waals surface area contributed by atoms with E-state index in [1.54, 1.807) is 32.5 Å². The quantitative estimate of drug-likeness (QED) is 0.0581. The van der Waals surface area contributed by atoms with Crippen molar-refractivity contribution < 1.29 is 23.9 Å². The Morgan fingerprint density at radius 1 is 0.902 bits per heavy atom. The van der Waals surface area contributed by atoms with Crippen molar-refractivity contribution in [2.45, 2.75) is 66.2 Å². The maximum atomic E-state index is 13.9. The fourth-order valence-corrected chi connectivity index (χ4v) is 7.56. The van der Waals surface area contributed by atoms with Gasteiger partial charge in [0.25, 0.3) is 17.7 Å². The van der Waals surface area contributed by atoms with Crippen LogP contribution >= 0.6 is 0 Å². The number of aryl methyl sites for hydroxylation is 2. The number of amides is 4. The lowest BCUT2D eigenvalue weighted by Gasteiger charge is -2.27. The van der Waals surface area contributed by atoms with Gasteiger partial charge >= 0.3 is 0 Å². The number of ether oxygens (including phenoxy) is 1. The maximum absolute atomic E-state index is 13.9. The molecule has 2 aliphatic heterocycles. The summed E-state index contributed by atoms with van der Waals surface area (Å²) < 4.78 is 11.6. The van der Waals surface area contributed by atoms with Gasteiger partial charge in [-0.05, 0) is 71.4 Å². The Morgan fingerprint density at radius 3 is 2.31 bits per heavy atom. The summed E-state index contributed by atoms with van der Waals surface area (Å²) in [5.74, 6) is -1.30. The second-order valence-electron chi connectivity index (χ2n) is 15.5. The van der Waals surface area contributed by atoms with Crippen LogP contribution in [0.5, 0.6) is 5.75 Å². The van der Waals surface area contributed by atoms with E-state index < -0.39 is 23.3 Å². The Balaban J connectivity index is 1.22. The lowest BCUT2D eigenvalue weighted by atomic mass is 10.1. The third-order valence-corrected chi connectivity index (χ3v) is 10.5. The van der Waals surface area contributed by atoms with E-state index in [1.165, 1.54) is 12.3 Å². The fourth-order valence-electron chi connectivity index (χ4n) is 7.56. The summed E-state index contributed by atoms with van der Waals surface area (Å²) in [6.45, 7) is 16.1. The number of nitrogens with one attached hydrogen (secondary N) is 4. The van der Waals surface area contributed by atoms with E-state index in [0.717, 1.165) is 39.1 Å². The molecule has 2 aliphatic rings. The molecular weight excluding hydrogens is 783 g/mol. The predicted octanol–water partition coefficient (Wildman–Crippen LogP) is 2.13. The molecule has 1 fully saturated rings. The van der Waals surface area contributed by atoms with Crippen LogP contribution in [0, 0.1) is 6.92 Å². The highest BCUT2D eigenvalue weighted by Crippen LogP contribution is 2.32. The van der Waals surface area contributed by atoms with Crippen molar-refractivity contribution in [3.05, 3.63) is 77.0 Å². The molecule has 20 nitrogen and oxygen atoms in total. The first-order valence-corrected chi connectivity index (χ1v) is 20.4. The van der Waals surface area contributed by atoms with Gasteiger partial charge < -0.3 is 40.6 Å². The third kappa shape index (κ3) is 9.40. The number of aromatic nitrogens is 7. The molecule has 6 heterocycles. The summed E-state index contributed by atoms with van der Waals surface area (Å²) in [5, 5.41) is 15.5. The average molecular weight is 836 g/mol. The molecule has 0 aliphatic carbocycles. The smallest absolute Gasteiger partial charge is 0.276 e. The Kier molecular flexibility index (Phi) is 12.5. The maximum Gasteiger partial charge on any atom is 0.276 e. The molecule has 8 N–H and O–H groups in total. The number of benzene rings is 1. The number of fused-ring (bicyclic) bond motifs is 2. The molecule has 20 heteroatoms. The van der Waals surface area contributed by atoms with Gasteiger partial charge in [0.2, 0.25) is 17.8 Å². The topological polar surface area (TPSA) is 250 Å². The lowest BCUT2D eigenvalue weighted by molar-refractivity contribution is -0.114. The monoisotopic (exact) mass is 835 g/mol. The molecule has 0 radical (unpaired) electrons. The number of hydrogen-bond acceptors (Lipinski definition) is 13. The minimum absolute atomic E-state index is 0.0305. The summed E-state index contributed by atoms with van der Waals surface area (Å²) >= 11 is 0. The number of piperazine rings is 1. The molecule has 1 saturated heterocycles. The number of anilines is 2. The number of nitrogens with two attached hydrogens (primary N) is 2. The van der Waals surface area contributed by atoms with E-state index in [9.17, 15) is 19.2 Å². The summed E-state index contributed by atoms with van der Waals surface area (Å²) in [6.07, 6.45) is 7.84. The minimum Gasteiger partial charge on any atom is -0.491 e. The molecule has 5 aromatic rings. The molecule has 0 unspecified atom stereocenters. The highest BCUT2D eigenvalue weighted by Gasteiger charge is 2.32. The molecule has 0 saturated carbocycles. The van der Waals surface area contributed by atoms with Gasteiger partial charge in [0.15, 0.2) is 0 Å². The zero-order valence-electron chi connectivity index (χ0n) is 35.1. The molecule has 1 aromatic carbocycles. The first kappa shape index (κ1) is 42.5. The second-order valence-corrected chi connectivity index (χ2v) is 15.5. The molecule has 7 rings (SSSR count). The zero-order chi connectivity index (χ0) is 43.4. The van der Waals surface area contributed by atoms with E-state index in [2.05, 4.69) is 41.3 Å². The number of hydrogen-bond donors (Lipinski definition) is 6. The van der Waals surface area contributed by atoms with Gasteiger partial charge in [-0.2, -0.15) is 5.10 Å².